The lowest BCUT2D eigenvalue weighted by Gasteiger charge is -2.27. The zero-order valence-electron chi connectivity index (χ0n) is 14.1. The van der Waals surface area contributed by atoms with Crippen molar-refractivity contribution in [2.75, 3.05) is 36.5 Å². The SMILES string of the molecule is CC(Oc1ccc(Cl)cc1Cl)C(=O)Nc1cc(N2CCOCC2)ncn1. The van der Waals surface area contributed by atoms with E-state index in [0.29, 0.717) is 34.8 Å². The molecule has 1 aromatic heterocycles. The van der Waals surface area contributed by atoms with Crippen LogP contribution in [0.15, 0.2) is 30.6 Å². The maximum Gasteiger partial charge on any atom is 0.266 e. The number of carbonyl (C=O) groups is 1. The Bertz CT molecular complexity index is 784. The summed E-state index contributed by atoms with van der Waals surface area (Å²) in [5.74, 6) is 1.19. The largest absolute Gasteiger partial charge is 0.479 e. The van der Waals surface area contributed by atoms with E-state index >= 15 is 0 Å². The quantitative estimate of drug-likeness (QED) is 0.836. The van der Waals surface area contributed by atoms with Crippen molar-refractivity contribution in [1.29, 1.82) is 0 Å². The van der Waals surface area contributed by atoms with Crippen LogP contribution in [-0.4, -0.2) is 48.3 Å². The highest BCUT2D eigenvalue weighted by Gasteiger charge is 2.18. The van der Waals surface area contributed by atoms with Crippen molar-refractivity contribution in [3.05, 3.63) is 40.6 Å². The minimum absolute atomic E-state index is 0.341. The third-order valence-electron chi connectivity index (χ3n) is 3.81. The van der Waals surface area contributed by atoms with Crippen molar-refractivity contribution < 1.29 is 14.3 Å². The van der Waals surface area contributed by atoms with Gasteiger partial charge in [-0.25, -0.2) is 9.97 Å². The van der Waals surface area contributed by atoms with E-state index in [-0.39, 0.29) is 5.91 Å². The molecule has 1 N–H and O–H groups in total. The maximum atomic E-state index is 12.4. The van der Waals surface area contributed by atoms with E-state index in [4.69, 9.17) is 32.7 Å². The van der Waals surface area contributed by atoms with Gasteiger partial charge in [-0.05, 0) is 25.1 Å². The first kappa shape index (κ1) is 18.7. The van der Waals surface area contributed by atoms with Crippen LogP contribution in [0.2, 0.25) is 10.0 Å². The molecule has 2 aromatic rings. The van der Waals surface area contributed by atoms with Crippen molar-refractivity contribution in [3.8, 4) is 5.75 Å². The number of anilines is 2. The molecule has 1 unspecified atom stereocenters. The summed E-state index contributed by atoms with van der Waals surface area (Å²) < 4.78 is 10.9. The predicted octanol–water partition coefficient (Wildman–Crippen LogP) is 3.03. The van der Waals surface area contributed by atoms with Crippen LogP contribution < -0.4 is 15.0 Å². The number of ether oxygens (including phenoxy) is 2. The number of rotatable bonds is 5. The highest BCUT2D eigenvalue weighted by atomic mass is 35.5. The lowest BCUT2D eigenvalue weighted by Crippen LogP contribution is -2.37. The van der Waals surface area contributed by atoms with Crippen molar-refractivity contribution in [1.82, 2.24) is 9.97 Å². The Kier molecular flexibility index (Phi) is 6.13. The van der Waals surface area contributed by atoms with Crippen molar-refractivity contribution in [3.63, 3.8) is 0 Å². The van der Waals surface area contributed by atoms with Crippen LogP contribution in [0, 0.1) is 0 Å². The average Bonchev–Trinajstić information content (AvgIpc) is 2.65. The standard InChI is InChI=1S/C17H18Cl2N4O3/c1-11(26-14-3-2-12(18)8-13(14)19)17(24)22-15-9-16(21-10-20-15)23-4-6-25-7-5-23/h2-3,8-11H,4-7H2,1H3,(H,20,21,22,24). The second-order valence-corrected chi connectivity index (χ2v) is 6.53. The smallest absolute Gasteiger partial charge is 0.266 e. The summed E-state index contributed by atoms with van der Waals surface area (Å²) in [6, 6.07) is 6.55. The Hall–Kier alpha value is -2.09. The molecule has 7 nitrogen and oxygen atoms in total. The molecule has 1 fully saturated rings. The van der Waals surface area contributed by atoms with Crippen LogP contribution >= 0.6 is 23.2 Å². The molecule has 0 aliphatic carbocycles. The third-order valence-corrected chi connectivity index (χ3v) is 4.34. The molecule has 1 aliphatic rings. The van der Waals surface area contributed by atoms with Crippen LogP contribution in [0.1, 0.15) is 6.92 Å². The van der Waals surface area contributed by atoms with Crippen LogP contribution in [-0.2, 0) is 9.53 Å². The summed E-state index contributed by atoms with van der Waals surface area (Å²) in [7, 11) is 0. The molecule has 1 amide bonds. The number of nitrogens with zero attached hydrogens (tertiary/aromatic N) is 3. The summed E-state index contributed by atoms with van der Waals surface area (Å²) in [4.78, 5) is 22.8. The number of aromatic nitrogens is 2. The molecule has 1 aromatic carbocycles. The van der Waals surface area contributed by atoms with Gasteiger partial charge in [0.2, 0.25) is 0 Å². The Morgan fingerprint density at radius 2 is 2.04 bits per heavy atom. The zero-order chi connectivity index (χ0) is 18.5. The van der Waals surface area contributed by atoms with Crippen molar-refractivity contribution in [2.45, 2.75) is 13.0 Å². The van der Waals surface area contributed by atoms with Gasteiger partial charge in [-0.2, -0.15) is 0 Å². The molecule has 1 saturated heterocycles. The number of hydrogen-bond donors (Lipinski definition) is 1. The topological polar surface area (TPSA) is 76.6 Å². The van der Waals surface area contributed by atoms with E-state index in [1.807, 2.05) is 0 Å². The van der Waals surface area contributed by atoms with E-state index in [0.717, 1.165) is 18.9 Å². The van der Waals surface area contributed by atoms with E-state index in [1.54, 1.807) is 31.2 Å². The fourth-order valence-corrected chi connectivity index (χ4v) is 2.88. The summed E-state index contributed by atoms with van der Waals surface area (Å²) in [6.07, 6.45) is 0.651. The number of carbonyl (C=O) groups excluding carboxylic acids is 1. The van der Waals surface area contributed by atoms with Gasteiger partial charge in [0.15, 0.2) is 6.10 Å². The molecule has 0 spiro atoms. The molecule has 1 aliphatic heterocycles. The molecular weight excluding hydrogens is 379 g/mol. The fraction of sp³-hybridized carbons (Fsp3) is 0.353. The molecule has 3 rings (SSSR count). The molecule has 9 heteroatoms. The molecule has 0 radical (unpaired) electrons. The number of benzene rings is 1. The fourth-order valence-electron chi connectivity index (χ4n) is 2.42. The predicted molar refractivity (Wildman–Crippen MR) is 100 cm³/mol. The molecular formula is C17H18Cl2N4O3. The van der Waals surface area contributed by atoms with Gasteiger partial charge >= 0.3 is 0 Å². The van der Waals surface area contributed by atoms with Crippen LogP contribution in [0.5, 0.6) is 5.75 Å². The normalized spacial score (nSPS) is 15.4. The zero-order valence-corrected chi connectivity index (χ0v) is 15.6. The maximum absolute atomic E-state index is 12.4. The van der Waals surface area contributed by atoms with Crippen molar-refractivity contribution in [2.24, 2.45) is 0 Å². The number of morpholine rings is 1. The Morgan fingerprint density at radius 1 is 1.27 bits per heavy atom. The van der Waals surface area contributed by atoms with Gasteiger partial charge in [-0.15, -0.1) is 0 Å². The minimum Gasteiger partial charge on any atom is -0.479 e. The minimum atomic E-state index is -0.768. The molecule has 2 heterocycles. The first-order chi connectivity index (χ1) is 12.5. The molecule has 138 valence electrons. The Morgan fingerprint density at radius 3 is 2.77 bits per heavy atom. The number of hydrogen-bond acceptors (Lipinski definition) is 6. The number of nitrogens with one attached hydrogen (secondary N) is 1. The first-order valence-electron chi connectivity index (χ1n) is 8.10. The summed E-state index contributed by atoms with van der Waals surface area (Å²) in [5.41, 5.74) is 0. The van der Waals surface area contributed by atoms with Crippen LogP contribution in [0.3, 0.4) is 0 Å². The second-order valence-electron chi connectivity index (χ2n) is 5.68. The van der Waals surface area contributed by atoms with E-state index in [1.165, 1.54) is 6.33 Å². The van der Waals surface area contributed by atoms with Gasteiger partial charge in [-0.3, -0.25) is 4.79 Å². The molecule has 0 bridgehead atoms. The van der Waals surface area contributed by atoms with Gasteiger partial charge in [-0.1, -0.05) is 23.2 Å². The lowest BCUT2D eigenvalue weighted by atomic mass is 10.3. The number of halogens is 2. The van der Waals surface area contributed by atoms with E-state index < -0.39 is 6.10 Å². The summed E-state index contributed by atoms with van der Waals surface area (Å²) in [5, 5.41) is 3.57. The van der Waals surface area contributed by atoms with Gasteiger partial charge < -0.3 is 19.7 Å². The molecule has 0 saturated carbocycles. The van der Waals surface area contributed by atoms with E-state index in [9.17, 15) is 4.79 Å². The summed E-state index contributed by atoms with van der Waals surface area (Å²) in [6.45, 7) is 4.43. The summed E-state index contributed by atoms with van der Waals surface area (Å²) >= 11 is 11.9. The first-order valence-corrected chi connectivity index (χ1v) is 8.86. The third kappa shape index (κ3) is 4.75. The van der Waals surface area contributed by atoms with Crippen molar-refractivity contribution >= 4 is 40.7 Å². The second kappa shape index (κ2) is 8.53. The van der Waals surface area contributed by atoms with Gasteiger partial charge in [0.25, 0.3) is 5.91 Å². The average molecular weight is 397 g/mol. The number of amides is 1. The monoisotopic (exact) mass is 396 g/mol. The molecule has 26 heavy (non-hydrogen) atoms. The van der Waals surface area contributed by atoms with Gasteiger partial charge in [0, 0.05) is 24.2 Å². The highest BCUT2D eigenvalue weighted by Crippen LogP contribution is 2.28. The Labute approximate surface area is 161 Å². The Balaban J connectivity index is 1.63. The highest BCUT2D eigenvalue weighted by molar-refractivity contribution is 6.35. The van der Waals surface area contributed by atoms with Gasteiger partial charge in [0.1, 0.15) is 23.7 Å². The van der Waals surface area contributed by atoms with Crippen LogP contribution in [0.4, 0.5) is 11.6 Å². The van der Waals surface area contributed by atoms with E-state index in [2.05, 4.69) is 20.2 Å². The van der Waals surface area contributed by atoms with Crippen LogP contribution in [0.25, 0.3) is 0 Å². The lowest BCUT2D eigenvalue weighted by molar-refractivity contribution is -0.122. The van der Waals surface area contributed by atoms with Gasteiger partial charge in [0.05, 0.1) is 18.2 Å². The molecule has 1 atom stereocenters.